The smallest absolute Gasteiger partial charge is 0.230 e. The molecule has 0 aliphatic carbocycles. The first kappa shape index (κ1) is 15.9. The second-order valence-electron chi connectivity index (χ2n) is 4.46. The van der Waals surface area contributed by atoms with Gasteiger partial charge in [0.15, 0.2) is 0 Å². The Balaban J connectivity index is 2.00. The van der Waals surface area contributed by atoms with Crippen LogP contribution in [0.15, 0.2) is 29.6 Å². The fraction of sp³-hybridized carbons (Fsp3) is 0.333. The second kappa shape index (κ2) is 7.47. The monoisotopic (exact) mass is 322 g/mol. The summed E-state index contributed by atoms with van der Waals surface area (Å²) in [5.74, 6) is 1.27. The first-order chi connectivity index (χ1) is 10.1. The third-order valence-electron chi connectivity index (χ3n) is 2.85. The number of nitrogens with zero attached hydrogens (tertiary/aromatic N) is 1. The summed E-state index contributed by atoms with van der Waals surface area (Å²) in [6, 6.07) is 7.91. The Morgan fingerprint density at radius 1 is 1.43 bits per heavy atom. The zero-order chi connectivity index (χ0) is 15.2. The van der Waals surface area contributed by atoms with Crippen LogP contribution in [0.5, 0.6) is 5.75 Å². The second-order valence-corrected chi connectivity index (χ2v) is 6.64. The Morgan fingerprint density at radius 2 is 2.14 bits per heavy atom. The highest BCUT2D eigenvalue weighted by molar-refractivity contribution is 7.99. The molecule has 1 atom stereocenters. The van der Waals surface area contributed by atoms with Gasteiger partial charge in [-0.3, -0.25) is 4.79 Å². The summed E-state index contributed by atoms with van der Waals surface area (Å²) >= 11 is 3.11. The summed E-state index contributed by atoms with van der Waals surface area (Å²) in [6.45, 7) is 4.44. The van der Waals surface area contributed by atoms with Crippen molar-refractivity contribution in [1.29, 1.82) is 0 Å². The molecule has 1 unspecified atom stereocenters. The lowest BCUT2D eigenvalue weighted by molar-refractivity contribution is -0.117. The SMILES string of the molecule is CCOc1ccc(-c2nc(CSC(C)C(N)=O)cs2)cc1. The molecule has 0 saturated carbocycles. The van der Waals surface area contributed by atoms with Gasteiger partial charge in [-0.1, -0.05) is 0 Å². The van der Waals surface area contributed by atoms with E-state index in [4.69, 9.17) is 10.5 Å². The van der Waals surface area contributed by atoms with E-state index in [1.165, 1.54) is 11.8 Å². The van der Waals surface area contributed by atoms with Crippen molar-refractivity contribution in [1.82, 2.24) is 4.98 Å². The molecule has 2 rings (SSSR count). The molecule has 6 heteroatoms. The summed E-state index contributed by atoms with van der Waals surface area (Å²) < 4.78 is 5.43. The van der Waals surface area contributed by atoms with Crippen molar-refractivity contribution in [3.8, 4) is 16.3 Å². The molecule has 1 aromatic heterocycles. The van der Waals surface area contributed by atoms with Crippen molar-refractivity contribution in [2.75, 3.05) is 6.61 Å². The molecule has 1 aromatic carbocycles. The van der Waals surface area contributed by atoms with E-state index >= 15 is 0 Å². The molecule has 1 amide bonds. The van der Waals surface area contributed by atoms with Crippen LogP contribution in [0.4, 0.5) is 0 Å². The Hall–Kier alpha value is -1.53. The van der Waals surface area contributed by atoms with E-state index in [-0.39, 0.29) is 11.2 Å². The van der Waals surface area contributed by atoms with Crippen molar-refractivity contribution >= 4 is 29.0 Å². The molecule has 21 heavy (non-hydrogen) atoms. The van der Waals surface area contributed by atoms with Gasteiger partial charge in [0.2, 0.25) is 5.91 Å². The minimum absolute atomic E-state index is 0.194. The van der Waals surface area contributed by atoms with Gasteiger partial charge in [0.25, 0.3) is 0 Å². The van der Waals surface area contributed by atoms with Gasteiger partial charge in [-0.25, -0.2) is 4.98 Å². The molecule has 0 radical (unpaired) electrons. The van der Waals surface area contributed by atoms with Gasteiger partial charge in [0.05, 0.1) is 17.6 Å². The molecular weight excluding hydrogens is 304 g/mol. The van der Waals surface area contributed by atoms with Crippen molar-refractivity contribution in [3.63, 3.8) is 0 Å². The van der Waals surface area contributed by atoms with Crippen LogP contribution in [-0.4, -0.2) is 22.7 Å². The Kier molecular flexibility index (Phi) is 5.64. The van der Waals surface area contributed by atoms with Crippen molar-refractivity contribution < 1.29 is 9.53 Å². The normalized spacial score (nSPS) is 12.1. The van der Waals surface area contributed by atoms with Gasteiger partial charge in [0.1, 0.15) is 10.8 Å². The number of nitrogens with two attached hydrogens (primary N) is 1. The topological polar surface area (TPSA) is 65.2 Å². The van der Waals surface area contributed by atoms with Crippen molar-refractivity contribution in [2.45, 2.75) is 24.9 Å². The number of thiazole rings is 1. The van der Waals surface area contributed by atoms with Crippen LogP contribution in [0.2, 0.25) is 0 Å². The maximum absolute atomic E-state index is 11.0. The molecule has 0 spiro atoms. The Bertz CT molecular complexity index is 596. The molecule has 2 N–H and O–H groups in total. The quantitative estimate of drug-likeness (QED) is 0.849. The largest absolute Gasteiger partial charge is 0.494 e. The predicted octanol–water partition coefficient (Wildman–Crippen LogP) is 3.32. The average molecular weight is 322 g/mol. The number of rotatable bonds is 7. The number of primary amides is 1. The molecular formula is C15H18N2O2S2. The molecule has 1 heterocycles. The van der Waals surface area contributed by atoms with Crippen molar-refractivity contribution in [3.05, 3.63) is 35.3 Å². The molecule has 0 aliphatic heterocycles. The fourth-order valence-corrected chi connectivity index (χ4v) is 3.32. The number of hydrogen-bond donors (Lipinski definition) is 1. The maximum Gasteiger partial charge on any atom is 0.230 e. The van der Waals surface area contributed by atoms with E-state index in [1.807, 2.05) is 43.5 Å². The van der Waals surface area contributed by atoms with Crippen molar-refractivity contribution in [2.24, 2.45) is 5.73 Å². The molecule has 0 aliphatic rings. The Labute approximate surface area is 132 Å². The highest BCUT2D eigenvalue weighted by Crippen LogP contribution is 2.27. The number of ether oxygens (including phenoxy) is 1. The van der Waals surface area contributed by atoms with Gasteiger partial charge < -0.3 is 10.5 Å². The summed E-state index contributed by atoms with van der Waals surface area (Å²) in [7, 11) is 0. The van der Waals surface area contributed by atoms with Gasteiger partial charge in [-0.15, -0.1) is 23.1 Å². The average Bonchev–Trinajstić information content (AvgIpc) is 2.94. The van der Waals surface area contributed by atoms with E-state index in [0.717, 1.165) is 22.0 Å². The number of hydrogen-bond acceptors (Lipinski definition) is 5. The summed E-state index contributed by atoms with van der Waals surface area (Å²) in [5, 5.41) is 2.80. The zero-order valence-corrected chi connectivity index (χ0v) is 13.7. The number of thioether (sulfide) groups is 1. The molecule has 112 valence electrons. The van der Waals surface area contributed by atoms with Crippen LogP contribution in [0.1, 0.15) is 19.5 Å². The third-order valence-corrected chi connectivity index (χ3v) is 4.98. The van der Waals surface area contributed by atoms with Crippen LogP contribution in [0, 0.1) is 0 Å². The Morgan fingerprint density at radius 3 is 2.76 bits per heavy atom. The van der Waals surface area contributed by atoms with Gasteiger partial charge >= 0.3 is 0 Å². The molecule has 0 bridgehead atoms. The summed E-state index contributed by atoms with van der Waals surface area (Å²) in [4.78, 5) is 15.6. The predicted molar refractivity (Wildman–Crippen MR) is 88.7 cm³/mol. The van der Waals surface area contributed by atoms with Crippen LogP contribution in [0.3, 0.4) is 0 Å². The van der Waals surface area contributed by atoms with Gasteiger partial charge in [-0.2, -0.15) is 0 Å². The highest BCUT2D eigenvalue weighted by atomic mass is 32.2. The number of benzene rings is 1. The summed E-state index contributed by atoms with van der Waals surface area (Å²) in [5.41, 5.74) is 7.29. The van der Waals surface area contributed by atoms with Gasteiger partial charge in [-0.05, 0) is 38.1 Å². The molecule has 0 saturated heterocycles. The third kappa shape index (κ3) is 4.47. The van der Waals surface area contributed by atoms with E-state index < -0.39 is 0 Å². The number of amides is 1. The molecule has 0 fully saturated rings. The number of carbonyl (C=O) groups excluding carboxylic acids is 1. The van der Waals surface area contributed by atoms with E-state index in [9.17, 15) is 4.79 Å². The van der Waals surface area contributed by atoms with E-state index in [0.29, 0.717) is 12.4 Å². The lowest BCUT2D eigenvalue weighted by atomic mass is 10.2. The van der Waals surface area contributed by atoms with E-state index in [1.54, 1.807) is 11.3 Å². The first-order valence-corrected chi connectivity index (χ1v) is 8.61. The lowest BCUT2D eigenvalue weighted by Gasteiger charge is -2.04. The highest BCUT2D eigenvalue weighted by Gasteiger charge is 2.11. The van der Waals surface area contributed by atoms with Gasteiger partial charge in [0, 0.05) is 16.7 Å². The molecule has 4 nitrogen and oxygen atoms in total. The number of carbonyl (C=O) groups is 1. The minimum Gasteiger partial charge on any atom is -0.494 e. The fourth-order valence-electron chi connectivity index (χ4n) is 1.66. The van der Waals surface area contributed by atoms with Crippen LogP contribution >= 0.6 is 23.1 Å². The minimum atomic E-state index is -0.290. The maximum atomic E-state index is 11.0. The van der Waals surface area contributed by atoms with E-state index in [2.05, 4.69) is 4.98 Å². The number of aromatic nitrogens is 1. The van der Waals surface area contributed by atoms with Crippen LogP contribution < -0.4 is 10.5 Å². The summed E-state index contributed by atoms with van der Waals surface area (Å²) in [6.07, 6.45) is 0. The van der Waals surface area contributed by atoms with Crippen LogP contribution in [-0.2, 0) is 10.5 Å². The lowest BCUT2D eigenvalue weighted by Crippen LogP contribution is -2.22. The first-order valence-electron chi connectivity index (χ1n) is 6.68. The molecule has 2 aromatic rings. The standard InChI is InChI=1S/C15H18N2O2S2/c1-3-19-13-6-4-11(5-7-13)15-17-12(9-21-15)8-20-10(2)14(16)18/h4-7,9-10H,3,8H2,1-2H3,(H2,16,18). The van der Waals surface area contributed by atoms with Crippen LogP contribution in [0.25, 0.3) is 10.6 Å². The zero-order valence-electron chi connectivity index (χ0n) is 12.0.